The van der Waals surface area contributed by atoms with Crippen LogP contribution in [0.15, 0.2) is 41.3 Å². The number of hydrogen-bond acceptors (Lipinski definition) is 3. The first-order valence-electron chi connectivity index (χ1n) is 9.36. The molecular weight excluding hydrogens is 328 g/mol. The van der Waals surface area contributed by atoms with Crippen LogP contribution in [0.1, 0.15) is 36.0 Å². The Bertz CT molecular complexity index is 982. The molecule has 0 aliphatic carbocycles. The lowest BCUT2D eigenvalue weighted by Crippen LogP contribution is -2.33. The maximum atomic E-state index is 12.4. The average Bonchev–Trinajstić information content (AvgIpc) is 3.16. The van der Waals surface area contributed by atoms with Crippen LogP contribution in [0.3, 0.4) is 0 Å². The molecule has 1 saturated heterocycles. The molecule has 0 spiro atoms. The summed E-state index contributed by atoms with van der Waals surface area (Å²) >= 11 is 0. The highest BCUT2D eigenvalue weighted by Crippen LogP contribution is 2.15. The van der Waals surface area contributed by atoms with Crippen LogP contribution in [-0.4, -0.2) is 46.4 Å². The number of hydrogen-bond donors (Lipinski definition) is 2. The number of likely N-dealkylation sites (tertiary alicyclic amines) is 1. The number of rotatable bonds is 5. The van der Waals surface area contributed by atoms with E-state index in [1.54, 1.807) is 18.2 Å². The van der Waals surface area contributed by atoms with Gasteiger partial charge in [0.2, 0.25) is 0 Å². The summed E-state index contributed by atoms with van der Waals surface area (Å²) in [6.45, 7) is 4.07. The van der Waals surface area contributed by atoms with Crippen LogP contribution < -0.4 is 10.9 Å². The highest BCUT2D eigenvalue weighted by atomic mass is 16.1. The molecule has 1 aromatic carbocycles. The zero-order valence-corrected chi connectivity index (χ0v) is 14.8. The minimum atomic E-state index is -0.151. The second kappa shape index (κ2) is 7.33. The molecule has 1 amide bonds. The fourth-order valence-electron chi connectivity index (χ4n) is 3.74. The molecule has 3 heterocycles. The van der Waals surface area contributed by atoms with Crippen molar-refractivity contribution >= 4 is 22.5 Å². The van der Waals surface area contributed by atoms with Gasteiger partial charge in [0.25, 0.3) is 11.5 Å². The van der Waals surface area contributed by atoms with Crippen LogP contribution in [0.25, 0.3) is 16.6 Å². The molecule has 3 aromatic rings. The predicted molar refractivity (Wildman–Crippen MR) is 103 cm³/mol. The third-order valence-electron chi connectivity index (χ3n) is 5.13. The predicted octanol–water partition coefficient (Wildman–Crippen LogP) is 2.39. The number of aromatic nitrogens is 2. The van der Waals surface area contributed by atoms with Gasteiger partial charge in [-0.05, 0) is 69.2 Å². The van der Waals surface area contributed by atoms with Crippen LogP contribution in [0.5, 0.6) is 0 Å². The van der Waals surface area contributed by atoms with Gasteiger partial charge < -0.3 is 19.6 Å². The van der Waals surface area contributed by atoms with Gasteiger partial charge in [-0.2, -0.15) is 0 Å². The molecule has 2 aromatic heterocycles. The zero-order chi connectivity index (χ0) is 17.9. The summed E-state index contributed by atoms with van der Waals surface area (Å²) in [4.78, 5) is 29.9. The third kappa shape index (κ3) is 3.37. The van der Waals surface area contributed by atoms with E-state index in [1.165, 1.54) is 32.4 Å². The van der Waals surface area contributed by atoms with E-state index in [2.05, 4.69) is 15.2 Å². The van der Waals surface area contributed by atoms with E-state index in [-0.39, 0.29) is 11.5 Å². The third-order valence-corrected chi connectivity index (χ3v) is 5.13. The van der Waals surface area contributed by atoms with Crippen LogP contribution >= 0.6 is 0 Å². The highest BCUT2D eigenvalue weighted by Gasteiger charge is 2.11. The first-order valence-corrected chi connectivity index (χ1v) is 9.36. The number of H-pyrrole nitrogens is 1. The van der Waals surface area contributed by atoms with Gasteiger partial charge in [0.15, 0.2) is 0 Å². The van der Waals surface area contributed by atoms with Crippen molar-refractivity contribution in [2.24, 2.45) is 0 Å². The lowest BCUT2D eigenvalue weighted by atomic mass is 10.1. The topological polar surface area (TPSA) is 69.6 Å². The van der Waals surface area contributed by atoms with Crippen molar-refractivity contribution in [3.05, 3.63) is 52.4 Å². The van der Waals surface area contributed by atoms with Crippen molar-refractivity contribution in [2.45, 2.75) is 25.7 Å². The summed E-state index contributed by atoms with van der Waals surface area (Å²) in [5, 5.41) is 2.99. The number of nitrogens with zero attached hydrogens (tertiary/aromatic N) is 2. The van der Waals surface area contributed by atoms with E-state index in [9.17, 15) is 9.59 Å². The molecule has 0 saturated carbocycles. The molecule has 0 unspecified atom stereocenters. The van der Waals surface area contributed by atoms with Crippen molar-refractivity contribution in [2.75, 3.05) is 26.2 Å². The standard InChI is InChI=1S/C20H24N4O2/c25-19(21-9-5-12-23-10-2-1-3-11-23)15-7-8-17-16(14-15)22-20(26)18-6-4-13-24(17)18/h4,6-8,13-14H,1-3,5,9-12H2,(H,21,25)(H,22,26). The lowest BCUT2D eigenvalue weighted by molar-refractivity contribution is 0.0951. The quantitative estimate of drug-likeness (QED) is 0.693. The molecule has 1 fully saturated rings. The van der Waals surface area contributed by atoms with Gasteiger partial charge in [-0.25, -0.2) is 0 Å². The van der Waals surface area contributed by atoms with E-state index < -0.39 is 0 Å². The summed E-state index contributed by atoms with van der Waals surface area (Å²) in [6.07, 6.45) is 6.73. The molecule has 26 heavy (non-hydrogen) atoms. The molecule has 6 heteroatoms. The second-order valence-corrected chi connectivity index (χ2v) is 6.96. The number of aromatic amines is 1. The second-order valence-electron chi connectivity index (χ2n) is 6.96. The van der Waals surface area contributed by atoms with Gasteiger partial charge in [0.05, 0.1) is 11.0 Å². The summed E-state index contributed by atoms with van der Waals surface area (Å²) in [7, 11) is 0. The van der Waals surface area contributed by atoms with Crippen LogP contribution in [-0.2, 0) is 0 Å². The first kappa shape index (κ1) is 16.8. The largest absolute Gasteiger partial charge is 0.352 e. The number of carbonyl (C=O) groups is 1. The van der Waals surface area contributed by atoms with E-state index in [1.807, 2.05) is 22.7 Å². The zero-order valence-electron chi connectivity index (χ0n) is 14.8. The molecule has 0 atom stereocenters. The highest BCUT2D eigenvalue weighted by molar-refractivity contribution is 5.97. The van der Waals surface area contributed by atoms with Crippen molar-refractivity contribution in [3.8, 4) is 0 Å². The molecule has 6 nitrogen and oxygen atoms in total. The molecule has 0 bridgehead atoms. The Labute approximate surface area is 151 Å². The lowest BCUT2D eigenvalue weighted by Gasteiger charge is -2.26. The molecule has 2 N–H and O–H groups in total. The summed E-state index contributed by atoms with van der Waals surface area (Å²) in [5.74, 6) is -0.0982. The number of fused-ring (bicyclic) bond motifs is 3. The number of nitrogens with one attached hydrogen (secondary N) is 2. The van der Waals surface area contributed by atoms with Gasteiger partial charge in [-0.3, -0.25) is 9.59 Å². The maximum Gasteiger partial charge on any atom is 0.272 e. The maximum absolute atomic E-state index is 12.4. The first-order chi connectivity index (χ1) is 12.7. The summed E-state index contributed by atoms with van der Waals surface area (Å²) in [5.41, 5.74) is 2.57. The monoisotopic (exact) mass is 352 g/mol. The Morgan fingerprint density at radius 2 is 1.96 bits per heavy atom. The van der Waals surface area contributed by atoms with Gasteiger partial charge >= 0.3 is 0 Å². The van der Waals surface area contributed by atoms with E-state index >= 15 is 0 Å². The van der Waals surface area contributed by atoms with E-state index in [4.69, 9.17) is 0 Å². The molecule has 1 aliphatic heterocycles. The van der Waals surface area contributed by atoms with Gasteiger partial charge in [-0.1, -0.05) is 6.42 Å². The summed E-state index contributed by atoms with van der Waals surface area (Å²) < 4.78 is 1.84. The van der Waals surface area contributed by atoms with Crippen molar-refractivity contribution < 1.29 is 4.79 Å². The van der Waals surface area contributed by atoms with Crippen molar-refractivity contribution in [1.82, 2.24) is 19.6 Å². The fraction of sp³-hybridized carbons (Fsp3) is 0.400. The Balaban J connectivity index is 1.42. The van der Waals surface area contributed by atoms with Crippen LogP contribution in [0.4, 0.5) is 0 Å². The Morgan fingerprint density at radius 1 is 1.12 bits per heavy atom. The number of amides is 1. The minimum absolute atomic E-state index is 0.0982. The van der Waals surface area contributed by atoms with Crippen LogP contribution in [0.2, 0.25) is 0 Å². The van der Waals surface area contributed by atoms with Gasteiger partial charge in [0, 0.05) is 18.3 Å². The smallest absolute Gasteiger partial charge is 0.272 e. The number of benzene rings is 1. The minimum Gasteiger partial charge on any atom is -0.352 e. The van der Waals surface area contributed by atoms with E-state index in [0.717, 1.165) is 18.5 Å². The SMILES string of the molecule is O=C(NCCCN1CCCCC1)c1ccc2c(c1)[nH]c(=O)c1cccn12. The van der Waals surface area contributed by atoms with Crippen LogP contribution in [0, 0.1) is 0 Å². The molecule has 1 aliphatic rings. The molecular formula is C20H24N4O2. The molecule has 4 rings (SSSR count). The summed E-state index contributed by atoms with van der Waals surface area (Å²) in [6, 6.07) is 9.05. The Kier molecular flexibility index (Phi) is 4.75. The number of piperidine rings is 1. The normalized spacial score (nSPS) is 15.5. The van der Waals surface area contributed by atoms with Crippen molar-refractivity contribution in [1.29, 1.82) is 0 Å². The molecule has 136 valence electrons. The van der Waals surface area contributed by atoms with Crippen molar-refractivity contribution in [3.63, 3.8) is 0 Å². The Hall–Kier alpha value is -2.60. The number of carbonyl (C=O) groups excluding carboxylic acids is 1. The molecule has 0 radical (unpaired) electrons. The Morgan fingerprint density at radius 3 is 2.81 bits per heavy atom. The van der Waals surface area contributed by atoms with E-state index in [0.29, 0.717) is 23.1 Å². The fourth-order valence-corrected chi connectivity index (χ4v) is 3.74. The van der Waals surface area contributed by atoms with Gasteiger partial charge in [-0.15, -0.1) is 0 Å². The average molecular weight is 352 g/mol. The van der Waals surface area contributed by atoms with Gasteiger partial charge in [0.1, 0.15) is 5.52 Å².